The number of ether oxygens (including phenoxy) is 2. The standard InChI is InChI=1S/C63H98N6O12/c1-13-42(6)59(66(10)63(78)50(40(2)3)37-53(72)58(41(4)5)65(9)31-20-24-48(70)39-64-55(73)26-18-15-19-32-68-56(74)34-43(7)61(68)76)54(79-11)38-57(75)67-33-21-25-51(67)60(80-12)44(8)52(71)36-46(35-45-22-16-14-17-23-45)62(77)69-47-27-29-49(81-69)30-28-47/h14,16-17,22-23,27,29,40-44,46-47,49-51,54,58-60H,13,15,18-21,24-26,28,30-39H2,1-12H3,(H,64,73)/t42-,43?,44-,46+,47?,49?,50-,51-,54+,58-,59-,60+/m0/s1. The van der Waals surface area contributed by atoms with Gasteiger partial charge in [-0.3, -0.25) is 57.8 Å². The van der Waals surface area contributed by atoms with Crippen molar-refractivity contribution in [2.24, 2.45) is 41.4 Å². The molecule has 0 radical (unpaired) electrons. The first-order chi connectivity index (χ1) is 38.5. The van der Waals surface area contributed by atoms with Gasteiger partial charge in [-0.05, 0) is 88.3 Å². The number of hydrogen-bond acceptors (Lipinski definition) is 13. The Morgan fingerprint density at radius 1 is 0.815 bits per heavy atom. The average molecular weight is 1130 g/mol. The number of benzene rings is 1. The van der Waals surface area contributed by atoms with Crippen LogP contribution in [0.3, 0.4) is 0 Å². The zero-order chi connectivity index (χ0) is 59.7. The summed E-state index contributed by atoms with van der Waals surface area (Å²) in [5.41, 5.74) is 0.948. The molecule has 3 fully saturated rings. The Balaban J connectivity index is 1.15. The highest BCUT2D eigenvalue weighted by Gasteiger charge is 2.45. The summed E-state index contributed by atoms with van der Waals surface area (Å²) in [5, 5.41) is 4.18. The van der Waals surface area contributed by atoms with Gasteiger partial charge in [0.05, 0.1) is 55.3 Å². The number of nitrogens with zero attached hydrogens (tertiary/aromatic N) is 5. The molecule has 18 heteroatoms. The van der Waals surface area contributed by atoms with Crippen LogP contribution in [-0.2, 0) is 63.9 Å². The number of fused-ring (bicyclic) bond motifs is 2. The van der Waals surface area contributed by atoms with Crippen LogP contribution in [0.15, 0.2) is 42.5 Å². The van der Waals surface area contributed by atoms with Crippen molar-refractivity contribution < 1.29 is 57.5 Å². The van der Waals surface area contributed by atoms with Gasteiger partial charge in [0.15, 0.2) is 11.6 Å². The molecule has 3 saturated heterocycles. The summed E-state index contributed by atoms with van der Waals surface area (Å²) in [6.07, 6.45) is 9.63. The minimum atomic E-state index is -0.689. The van der Waals surface area contributed by atoms with E-state index in [9.17, 15) is 43.2 Å². The van der Waals surface area contributed by atoms with Crippen LogP contribution in [-0.4, -0.2) is 174 Å². The Morgan fingerprint density at radius 3 is 2.11 bits per heavy atom. The van der Waals surface area contributed by atoms with Gasteiger partial charge in [-0.25, -0.2) is 5.06 Å². The maximum atomic E-state index is 14.8. The van der Waals surface area contributed by atoms with Crippen LogP contribution in [0.5, 0.6) is 0 Å². The molecule has 452 valence electrons. The number of nitrogens with one attached hydrogen (secondary N) is 1. The lowest BCUT2D eigenvalue weighted by molar-refractivity contribution is -0.234. The maximum absolute atomic E-state index is 14.8. The van der Waals surface area contributed by atoms with E-state index in [1.165, 1.54) is 9.96 Å². The van der Waals surface area contributed by atoms with Gasteiger partial charge >= 0.3 is 0 Å². The van der Waals surface area contributed by atoms with Gasteiger partial charge in [0.1, 0.15) is 11.9 Å². The SMILES string of the molecule is CC[C@H](C)[C@@H]([C@@H](CC(=O)N1CCC[C@H]1[C@H](OC)[C@@H](C)C(=O)C[C@@H](Cc1ccccc1)C(=O)N1OC2C=CC1CC2)OC)N(C)C(=O)[C@@H](CC(=O)[C@H](C(C)C)N(C)CCCC(=O)CNC(=O)CCCCCN1C(=O)CC(C)C1=O)C(C)C. The van der Waals surface area contributed by atoms with E-state index in [-0.39, 0.29) is 134 Å². The van der Waals surface area contributed by atoms with Gasteiger partial charge < -0.3 is 24.6 Å². The van der Waals surface area contributed by atoms with Crippen LogP contribution in [0, 0.1) is 41.4 Å². The zero-order valence-corrected chi connectivity index (χ0v) is 50.9. The van der Waals surface area contributed by atoms with Gasteiger partial charge in [-0.1, -0.05) is 111 Å². The zero-order valence-electron chi connectivity index (χ0n) is 50.9. The number of hydroxylamine groups is 2. The molecule has 6 amide bonds. The van der Waals surface area contributed by atoms with Gasteiger partial charge in [0, 0.05) is 84.2 Å². The van der Waals surface area contributed by atoms with Gasteiger partial charge in [-0.15, -0.1) is 0 Å². The van der Waals surface area contributed by atoms with Crippen LogP contribution in [0.1, 0.15) is 157 Å². The molecule has 1 aromatic rings. The summed E-state index contributed by atoms with van der Waals surface area (Å²) in [7, 11) is 6.73. The third-order valence-corrected chi connectivity index (χ3v) is 17.7. The second-order valence-corrected chi connectivity index (χ2v) is 24.4. The Kier molecular flexibility index (Phi) is 26.4. The smallest absolute Gasteiger partial charge is 0.250 e. The maximum Gasteiger partial charge on any atom is 0.250 e. The largest absolute Gasteiger partial charge is 0.379 e. The predicted molar refractivity (Wildman–Crippen MR) is 309 cm³/mol. The first-order valence-electron chi connectivity index (χ1n) is 30.2. The van der Waals surface area contributed by atoms with Crippen molar-refractivity contribution in [3.63, 3.8) is 0 Å². The summed E-state index contributed by atoms with van der Waals surface area (Å²) >= 11 is 0. The molecular formula is C63H98N6O12. The van der Waals surface area contributed by atoms with Gasteiger partial charge in [0.25, 0.3) is 5.91 Å². The lowest BCUT2D eigenvalue weighted by Gasteiger charge is -2.42. The molecule has 2 bridgehead atoms. The van der Waals surface area contributed by atoms with Crippen molar-refractivity contribution in [3.05, 3.63) is 48.0 Å². The van der Waals surface area contributed by atoms with E-state index in [0.717, 1.165) is 18.4 Å². The number of methoxy groups -OCH3 is 2. The Labute approximate surface area is 483 Å². The van der Waals surface area contributed by atoms with Crippen molar-refractivity contribution in [1.82, 2.24) is 30.0 Å². The molecule has 4 heterocycles. The molecule has 1 aromatic carbocycles. The lowest BCUT2D eigenvalue weighted by atomic mass is 9.83. The predicted octanol–water partition coefficient (Wildman–Crippen LogP) is 7.19. The van der Waals surface area contributed by atoms with E-state index in [2.05, 4.69) is 5.32 Å². The molecule has 81 heavy (non-hydrogen) atoms. The summed E-state index contributed by atoms with van der Waals surface area (Å²) in [5.74, 6) is -3.99. The number of likely N-dealkylation sites (N-methyl/N-ethyl adjacent to an activating group) is 2. The van der Waals surface area contributed by atoms with Crippen LogP contribution >= 0.6 is 0 Å². The van der Waals surface area contributed by atoms with Crippen molar-refractivity contribution in [2.75, 3.05) is 54.5 Å². The molecule has 6 rings (SSSR count). The van der Waals surface area contributed by atoms with Crippen LogP contribution in [0.4, 0.5) is 0 Å². The lowest BCUT2D eigenvalue weighted by Crippen LogP contribution is -2.54. The number of amides is 6. The minimum Gasteiger partial charge on any atom is -0.379 e. The monoisotopic (exact) mass is 1130 g/mol. The van der Waals surface area contributed by atoms with E-state index in [1.54, 1.807) is 33.1 Å². The molecule has 4 aliphatic heterocycles. The average Bonchev–Trinajstić information content (AvgIpc) is 4.09. The molecule has 5 aliphatic rings. The molecule has 1 N–H and O–H groups in total. The number of imide groups is 1. The topological polar surface area (TPSA) is 210 Å². The van der Waals surface area contributed by atoms with Crippen LogP contribution < -0.4 is 5.32 Å². The van der Waals surface area contributed by atoms with E-state index < -0.39 is 48.1 Å². The number of rotatable bonds is 35. The van der Waals surface area contributed by atoms with E-state index >= 15 is 0 Å². The molecule has 0 aromatic heterocycles. The van der Waals surface area contributed by atoms with Crippen LogP contribution in [0.25, 0.3) is 0 Å². The summed E-state index contributed by atoms with van der Waals surface area (Å²) in [4.78, 5) is 135. The van der Waals surface area contributed by atoms with Crippen molar-refractivity contribution in [1.29, 1.82) is 0 Å². The normalized spacial score (nSPS) is 22.0. The van der Waals surface area contributed by atoms with E-state index in [0.29, 0.717) is 71.0 Å². The van der Waals surface area contributed by atoms with Crippen molar-refractivity contribution >= 4 is 52.8 Å². The van der Waals surface area contributed by atoms with Crippen LogP contribution in [0.2, 0.25) is 0 Å². The molecule has 0 saturated carbocycles. The fraction of sp³-hybridized carbons (Fsp3) is 0.730. The molecule has 18 nitrogen and oxygen atoms in total. The molecule has 12 atom stereocenters. The summed E-state index contributed by atoms with van der Waals surface area (Å²) in [6, 6.07) is 8.09. The Hall–Kier alpha value is -5.17. The highest BCUT2D eigenvalue weighted by atomic mass is 16.7. The molecule has 1 aliphatic carbocycles. The number of Topliss-reactive ketones (excluding diaryl/α,β-unsaturated/α-hetero) is 3. The first kappa shape index (κ1) is 66.6. The van der Waals surface area contributed by atoms with E-state index in [1.807, 2.05) is 108 Å². The number of ketones is 3. The number of likely N-dealkylation sites (tertiary alicyclic amines) is 2. The second kappa shape index (κ2) is 32.0. The quantitative estimate of drug-likeness (QED) is 0.0406. The molecular weight excluding hydrogens is 1030 g/mol. The highest BCUT2D eigenvalue weighted by molar-refractivity contribution is 6.03. The Bertz CT molecular complexity index is 2330. The minimum absolute atomic E-state index is 0.00674. The number of carbonyl (C=O) groups is 9. The fourth-order valence-corrected chi connectivity index (χ4v) is 12.8. The van der Waals surface area contributed by atoms with Crippen molar-refractivity contribution in [3.8, 4) is 0 Å². The molecule has 0 spiro atoms. The Morgan fingerprint density at radius 2 is 1.53 bits per heavy atom. The third-order valence-electron chi connectivity index (χ3n) is 17.7. The van der Waals surface area contributed by atoms with Gasteiger partial charge in [-0.2, -0.15) is 0 Å². The first-order valence-corrected chi connectivity index (χ1v) is 30.2. The molecule has 3 unspecified atom stereocenters. The summed E-state index contributed by atoms with van der Waals surface area (Å²) in [6.45, 7) is 16.7. The van der Waals surface area contributed by atoms with E-state index in [4.69, 9.17) is 14.3 Å². The number of unbranched alkanes of at least 4 members (excludes halogenated alkanes) is 2. The number of hydrogen-bond donors (Lipinski definition) is 1. The second-order valence-electron chi connectivity index (χ2n) is 24.4. The fourth-order valence-electron chi connectivity index (χ4n) is 12.8. The third kappa shape index (κ3) is 18.2. The summed E-state index contributed by atoms with van der Waals surface area (Å²) < 4.78 is 12.3. The van der Waals surface area contributed by atoms with Gasteiger partial charge in [0.2, 0.25) is 29.5 Å². The number of carbonyl (C=O) groups excluding carboxylic acids is 9. The highest BCUT2D eigenvalue weighted by Crippen LogP contribution is 2.34. The van der Waals surface area contributed by atoms with Crippen molar-refractivity contribution in [2.45, 2.75) is 201 Å².